The van der Waals surface area contributed by atoms with Crippen molar-refractivity contribution in [2.75, 3.05) is 27.2 Å². The fourth-order valence-corrected chi connectivity index (χ4v) is 2.33. The Balaban J connectivity index is 2.31. The maximum absolute atomic E-state index is 11.9. The van der Waals surface area contributed by atoms with E-state index in [4.69, 9.17) is 5.26 Å². The molecular formula is C13H23N3O. The number of hydrogen-bond acceptors (Lipinski definition) is 3. The Labute approximate surface area is 104 Å². The maximum Gasteiger partial charge on any atom is 0.236 e. The van der Waals surface area contributed by atoms with Crippen molar-refractivity contribution in [3.05, 3.63) is 0 Å². The minimum Gasteiger partial charge on any atom is -0.344 e. The molecule has 4 heteroatoms. The van der Waals surface area contributed by atoms with Crippen molar-refractivity contribution in [1.82, 2.24) is 9.80 Å². The quantitative estimate of drug-likeness (QED) is 0.730. The van der Waals surface area contributed by atoms with Gasteiger partial charge in [-0.2, -0.15) is 5.26 Å². The molecule has 1 saturated carbocycles. The Hall–Kier alpha value is -1.08. The molecule has 0 bridgehead atoms. The first kappa shape index (κ1) is 14.0. The van der Waals surface area contributed by atoms with E-state index in [-0.39, 0.29) is 5.91 Å². The molecule has 1 aliphatic rings. The smallest absolute Gasteiger partial charge is 0.236 e. The first-order chi connectivity index (χ1) is 8.15. The SMILES string of the molecule is CN(CCC#N)C(=O)CN(C)C1CCCCC1. The number of carbonyl (C=O) groups excluding carboxylic acids is 1. The van der Waals surface area contributed by atoms with Gasteiger partial charge < -0.3 is 4.90 Å². The highest BCUT2D eigenvalue weighted by atomic mass is 16.2. The van der Waals surface area contributed by atoms with Crippen LogP contribution in [0.5, 0.6) is 0 Å². The third-order valence-electron chi connectivity index (χ3n) is 3.57. The summed E-state index contributed by atoms with van der Waals surface area (Å²) in [7, 11) is 3.81. The predicted molar refractivity (Wildman–Crippen MR) is 67.4 cm³/mol. The van der Waals surface area contributed by atoms with Gasteiger partial charge in [-0.1, -0.05) is 19.3 Å². The molecule has 1 rings (SSSR count). The van der Waals surface area contributed by atoms with Crippen molar-refractivity contribution in [3.63, 3.8) is 0 Å². The van der Waals surface area contributed by atoms with Crippen molar-refractivity contribution < 1.29 is 4.79 Å². The molecular weight excluding hydrogens is 214 g/mol. The lowest BCUT2D eigenvalue weighted by Crippen LogP contribution is -2.42. The highest BCUT2D eigenvalue weighted by molar-refractivity contribution is 5.78. The summed E-state index contributed by atoms with van der Waals surface area (Å²) in [4.78, 5) is 15.7. The molecule has 4 nitrogen and oxygen atoms in total. The van der Waals surface area contributed by atoms with Crippen LogP contribution in [0.25, 0.3) is 0 Å². The van der Waals surface area contributed by atoms with Crippen LogP contribution in [0.1, 0.15) is 38.5 Å². The van der Waals surface area contributed by atoms with Crippen LogP contribution in [0.2, 0.25) is 0 Å². The summed E-state index contributed by atoms with van der Waals surface area (Å²) in [5.41, 5.74) is 0. The molecule has 0 radical (unpaired) electrons. The van der Waals surface area contributed by atoms with E-state index in [2.05, 4.69) is 11.0 Å². The van der Waals surface area contributed by atoms with Gasteiger partial charge in [0.25, 0.3) is 0 Å². The van der Waals surface area contributed by atoms with Crippen molar-refractivity contribution in [2.45, 2.75) is 44.6 Å². The number of nitriles is 1. The molecule has 0 atom stereocenters. The lowest BCUT2D eigenvalue weighted by atomic mass is 9.94. The Bertz CT molecular complexity index is 279. The van der Waals surface area contributed by atoms with Crippen molar-refractivity contribution in [2.24, 2.45) is 0 Å². The van der Waals surface area contributed by atoms with E-state index in [1.54, 1.807) is 11.9 Å². The Morgan fingerprint density at radius 3 is 2.53 bits per heavy atom. The van der Waals surface area contributed by atoms with E-state index in [0.29, 0.717) is 25.6 Å². The van der Waals surface area contributed by atoms with Gasteiger partial charge in [-0.15, -0.1) is 0 Å². The number of hydrogen-bond donors (Lipinski definition) is 0. The molecule has 0 spiro atoms. The Morgan fingerprint density at radius 2 is 1.94 bits per heavy atom. The lowest BCUT2D eigenvalue weighted by molar-refractivity contribution is -0.131. The first-order valence-electron chi connectivity index (χ1n) is 6.46. The fraction of sp³-hybridized carbons (Fsp3) is 0.846. The van der Waals surface area contributed by atoms with Gasteiger partial charge in [-0.25, -0.2) is 0 Å². The number of likely N-dealkylation sites (N-methyl/N-ethyl adjacent to an activating group) is 2. The van der Waals surface area contributed by atoms with Gasteiger partial charge in [0.15, 0.2) is 0 Å². The normalized spacial score (nSPS) is 16.8. The van der Waals surface area contributed by atoms with Gasteiger partial charge in [0.1, 0.15) is 0 Å². The topological polar surface area (TPSA) is 47.3 Å². The fourth-order valence-electron chi connectivity index (χ4n) is 2.33. The molecule has 0 unspecified atom stereocenters. The zero-order valence-corrected chi connectivity index (χ0v) is 11.0. The molecule has 0 heterocycles. The van der Waals surface area contributed by atoms with Crippen LogP contribution >= 0.6 is 0 Å². The van der Waals surface area contributed by atoms with Gasteiger partial charge in [0.2, 0.25) is 5.91 Å². The largest absolute Gasteiger partial charge is 0.344 e. The molecule has 96 valence electrons. The lowest BCUT2D eigenvalue weighted by Gasteiger charge is -2.31. The second kappa shape index (κ2) is 7.29. The van der Waals surface area contributed by atoms with Gasteiger partial charge >= 0.3 is 0 Å². The molecule has 0 N–H and O–H groups in total. The van der Waals surface area contributed by atoms with E-state index in [9.17, 15) is 4.79 Å². The van der Waals surface area contributed by atoms with E-state index in [1.807, 2.05) is 7.05 Å². The third-order valence-corrected chi connectivity index (χ3v) is 3.57. The highest BCUT2D eigenvalue weighted by Crippen LogP contribution is 2.21. The summed E-state index contributed by atoms with van der Waals surface area (Å²) in [5, 5.41) is 8.48. The van der Waals surface area contributed by atoms with Gasteiger partial charge in [0.05, 0.1) is 19.0 Å². The number of carbonyl (C=O) groups is 1. The summed E-state index contributed by atoms with van der Waals surface area (Å²) in [6.07, 6.45) is 6.74. The predicted octanol–water partition coefficient (Wildman–Crippen LogP) is 1.62. The highest BCUT2D eigenvalue weighted by Gasteiger charge is 2.20. The molecule has 0 aromatic carbocycles. The van der Waals surface area contributed by atoms with E-state index < -0.39 is 0 Å². The van der Waals surface area contributed by atoms with E-state index in [0.717, 1.165) is 0 Å². The van der Waals surface area contributed by atoms with Gasteiger partial charge in [-0.3, -0.25) is 9.69 Å². The zero-order valence-electron chi connectivity index (χ0n) is 11.0. The molecule has 1 amide bonds. The molecule has 0 aromatic heterocycles. The standard InChI is InChI=1S/C13H23N3O/c1-15(10-6-9-14)13(17)11-16(2)12-7-4-3-5-8-12/h12H,3-8,10-11H2,1-2H3. The molecule has 0 saturated heterocycles. The average Bonchev–Trinajstić information content (AvgIpc) is 2.36. The Morgan fingerprint density at radius 1 is 1.29 bits per heavy atom. The molecule has 0 aliphatic heterocycles. The summed E-state index contributed by atoms with van der Waals surface area (Å²) in [6.45, 7) is 1.01. The second-order valence-electron chi connectivity index (χ2n) is 4.93. The second-order valence-corrected chi connectivity index (χ2v) is 4.93. The summed E-state index contributed by atoms with van der Waals surface area (Å²) in [5.74, 6) is 0.119. The first-order valence-corrected chi connectivity index (χ1v) is 6.46. The minimum atomic E-state index is 0.119. The molecule has 0 aromatic rings. The van der Waals surface area contributed by atoms with E-state index in [1.165, 1.54) is 32.1 Å². The number of amides is 1. The third kappa shape index (κ3) is 4.74. The maximum atomic E-state index is 11.9. The van der Waals surface area contributed by atoms with E-state index >= 15 is 0 Å². The van der Waals surface area contributed by atoms with Crippen LogP contribution in [0.3, 0.4) is 0 Å². The van der Waals surface area contributed by atoms with Gasteiger partial charge in [-0.05, 0) is 19.9 Å². The summed E-state index contributed by atoms with van der Waals surface area (Å²) >= 11 is 0. The molecule has 1 fully saturated rings. The molecule has 17 heavy (non-hydrogen) atoms. The summed E-state index contributed by atoms with van der Waals surface area (Å²) in [6, 6.07) is 2.63. The van der Waals surface area contributed by atoms with Crippen molar-refractivity contribution in [1.29, 1.82) is 5.26 Å². The van der Waals surface area contributed by atoms with Crippen LogP contribution in [-0.4, -0.2) is 48.9 Å². The van der Waals surface area contributed by atoms with Crippen molar-refractivity contribution in [3.8, 4) is 6.07 Å². The number of rotatable bonds is 5. The minimum absolute atomic E-state index is 0.119. The van der Waals surface area contributed by atoms with Crippen LogP contribution in [0, 0.1) is 11.3 Å². The van der Waals surface area contributed by atoms with Crippen LogP contribution < -0.4 is 0 Å². The van der Waals surface area contributed by atoms with Crippen molar-refractivity contribution >= 4 is 5.91 Å². The van der Waals surface area contributed by atoms with Crippen LogP contribution in [0.4, 0.5) is 0 Å². The monoisotopic (exact) mass is 237 g/mol. The zero-order chi connectivity index (χ0) is 12.7. The van der Waals surface area contributed by atoms with Gasteiger partial charge in [0, 0.05) is 19.6 Å². The van der Waals surface area contributed by atoms with Crippen LogP contribution in [0.15, 0.2) is 0 Å². The number of nitrogens with zero attached hydrogens (tertiary/aromatic N) is 3. The Kier molecular flexibility index (Phi) is 5.99. The average molecular weight is 237 g/mol. The molecule has 1 aliphatic carbocycles. The summed E-state index contributed by atoms with van der Waals surface area (Å²) < 4.78 is 0. The van der Waals surface area contributed by atoms with Crippen LogP contribution in [-0.2, 0) is 4.79 Å².